The topological polar surface area (TPSA) is 42.0 Å². The summed E-state index contributed by atoms with van der Waals surface area (Å²) in [5.41, 5.74) is 3.17. The van der Waals surface area contributed by atoms with Gasteiger partial charge in [0.1, 0.15) is 5.82 Å². The first-order chi connectivity index (χ1) is 12.1. The van der Waals surface area contributed by atoms with Gasteiger partial charge in [0.15, 0.2) is 0 Å². The molecular formula is C20H16ClFN2O. The summed E-state index contributed by atoms with van der Waals surface area (Å²) in [6, 6.07) is 17.1. The minimum absolute atomic E-state index is 0.123. The van der Waals surface area contributed by atoms with Gasteiger partial charge >= 0.3 is 0 Å². The normalized spacial score (nSPS) is 10.5. The number of nitrogens with zero attached hydrogens (tertiary/aromatic N) is 1. The van der Waals surface area contributed by atoms with E-state index in [9.17, 15) is 9.18 Å². The number of carbonyl (C=O) groups is 1. The van der Waals surface area contributed by atoms with E-state index in [1.54, 1.807) is 24.4 Å². The molecular weight excluding hydrogens is 339 g/mol. The number of amides is 1. The third kappa shape index (κ3) is 4.43. The highest BCUT2D eigenvalue weighted by molar-refractivity contribution is 6.31. The van der Waals surface area contributed by atoms with Gasteiger partial charge in [-0.05, 0) is 47.5 Å². The minimum atomic E-state index is -0.297. The predicted molar refractivity (Wildman–Crippen MR) is 96.6 cm³/mol. The maximum absolute atomic E-state index is 13.1. The molecule has 0 aliphatic heterocycles. The summed E-state index contributed by atoms with van der Waals surface area (Å²) in [5.74, 6) is -0.420. The van der Waals surface area contributed by atoms with E-state index in [0.717, 1.165) is 22.4 Å². The van der Waals surface area contributed by atoms with Crippen LogP contribution in [0.2, 0.25) is 5.02 Å². The van der Waals surface area contributed by atoms with Crippen LogP contribution in [0.5, 0.6) is 0 Å². The van der Waals surface area contributed by atoms with Crippen LogP contribution in [0.25, 0.3) is 11.3 Å². The number of benzene rings is 2. The highest BCUT2D eigenvalue weighted by Gasteiger charge is 2.10. The van der Waals surface area contributed by atoms with Gasteiger partial charge in [0.05, 0.1) is 12.1 Å². The van der Waals surface area contributed by atoms with Crippen LogP contribution in [0.15, 0.2) is 66.9 Å². The molecule has 0 bridgehead atoms. The second-order valence-electron chi connectivity index (χ2n) is 5.56. The summed E-state index contributed by atoms with van der Waals surface area (Å²) >= 11 is 6.08. The molecule has 5 heteroatoms. The van der Waals surface area contributed by atoms with Crippen LogP contribution in [0.3, 0.4) is 0 Å². The fourth-order valence-corrected chi connectivity index (χ4v) is 2.72. The molecule has 25 heavy (non-hydrogen) atoms. The van der Waals surface area contributed by atoms with E-state index < -0.39 is 0 Å². The summed E-state index contributed by atoms with van der Waals surface area (Å²) in [4.78, 5) is 16.6. The fourth-order valence-electron chi connectivity index (χ4n) is 2.52. The van der Waals surface area contributed by atoms with Crippen molar-refractivity contribution < 1.29 is 9.18 Å². The lowest BCUT2D eigenvalue weighted by Gasteiger charge is -2.10. The highest BCUT2D eigenvalue weighted by Crippen LogP contribution is 2.21. The Kier molecular flexibility index (Phi) is 5.41. The second kappa shape index (κ2) is 7.90. The van der Waals surface area contributed by atoms with Crippen molar-refractivity contribution in [1.29, 1.82) is 0 Å². The lowest BCUT2D eigenvalue weighted by Crippen LogP contribution is -2.25. The molecule has 0 radical (unpaired) electrons. The zero-order valence-corrected chi connectivity index (χ0v) is 14.1. The molecule has 3 nitrogen and oxygen atoms in total. The van der Waals surface area contributed by atoms with Crippen molar-refractivity contribution in [3.05, 3.63) is 88.8 Å². The van der Waals surface area contributed by atoms with Crippen LogP contribution in [-0.4, -0.2) is 10.9 Å². The molecule has 1 aromatic heterocycles. The number of halogens is 2. The second-order valence-corrected chi connectivity index (χ2v) is 5.97. The molecule has 0 atom stereocenters. The maximum Gasteiger partial charge on any atom is 0.224 e. The van der Waals surface area contributed by atoms with E-state index in [4.69, 9.17) is 11.6 Å². The molecule has 1 N–H and O–H groups in total. The number of nitrogens with one attached hydrogen (secondary N) is 1. The van der Waals surface area contributed by atoms with Crippen LogP contribution in [0, 0.1) is 5.82 Å². The van der Waals surface area contributed by atoms with Gasteiger partial charge in [-0.3, -0.25) is 9.78 Å². The zero-order chi connectivity index (χ0) is 17.6. The lowest BCUT2D eigenvalue weighted by molar-refractivity contribution is -0.120. The molecule has 0 aliphatic carbocycles. The average molecular weight is 355 g/mol. The number of hydrogen-bond donors (Lipinski definition) is 1. The Balaban J connectivity index is 1.70. The quantitative estimate of drug-likeness (QED) is 0.737. The number of rotatable bonds is 5. The average Bonchev–Trinajstić information content (AvgIpc) is 2.63. The standard InChI is InChI=1S/C20H16ClFN2O/c21-18-6-2-1-4-15(18)12-19(25)24-13-16-5-3-11-23-20(16)14-7-9-17(22)10-8-14/h1-11H,12-13H2,(H,24,25). The van der Waals surface area contributed by atoms with Gasteiger partial charge in [-0.1, -0.05) is 35.9 Å². The van der Waals surface area contributed by atoms with Gasteiger partial charge in [0.2, 0.25) is 5.91 Å². The summed E-state index contributed by atoms with van der Waals surface area (Å²) in [6.07, 6.45) is 1.89. The SMILES string of the molecule is O=C(Cc1ccccc1Cl)NCc1cccnc1-c1ccc(F)cc1. The molecule has 0 spiro atoms. The van der Waals surface area contributed by atoms with Crippen LogP contribution in [0.4, 0.5) is 4.39 Å². The summed E-state index contributed by atoms with van der Waals surface area (Å²) < 4.78 is 13.1. The largest absolute Gasteiger partial charge is 0.352 e. The summed E-state index contributed by atoms with van der Waals surface area (Å²) in [6.45, 7) is 0.337. The summed E-state index contributed by atoms with van der Waals surface area (Å²) in [7, 11) is 0. The van der Waals surface area contributed by atoms with Gasteiger partial charge in [0, 0.05) is 23.3 Å². The fraction of sp³-hybridized carbons (Fsp3) is 0.100. The minimum Gasteiger partial charge on any atom is -0.352 e. The van der Waals surface area contributed by atoms with Crippen LogP contribution in [-0.2, 0) is 17.8 Å². The Morgan fingerprint density at radius 3 is 2.48 bits per heavy atom. The van der Waals surface area contributed by atoms with Crippen molar-refractivity contribution in [3.63, 3.8) is 0 Å². The predicted octanol–water partition coefficient (Wildman–Crippen LogP) is 4.40. The van der Waals surface area contributed by atoms with E-state index in [-0.39, 0.29) is 18.1 Å². The Hall–Kier alpha value is -2.72. The molecule has 1 heterocycles. The molecule has 3 aromatic rings. The molecule has 0 saturated carbocycles. The van der Waals surface area contributed by atoms with Gasteiger partial charge in [-0.15, -0.1) is 0 Å². The van der Waals surface area contributed by atoms with Crippen molar-refractivity contribution in [2.24, 2.45) is 0 Å². The highest BCUT2D eigenvalue weighted by atomic mass is 35.5. The Labute approximate surface area is 150 Å². The zero-order valence-electron chi connectivity index (χ0n) is 13.4. The molecule has 1 amide bonds. The molecule has 0 unspecified atom stereocenters. The first kappa shape index (κ1) is 17.1. The molecule has 2 aromatic carbocycles. The Morgan fingerprint density at radius 1 is 1.00 bits per heavy atom. The van der Waals surface area contributed by atoms with Gasteiger partial charge in [-0.2, -0.15) is 0 Å². The Bertz CT molecular complexity index is 881. The van der Waals surface area contributed by atoms with E-state index in [0.29, 0.717) is 11.6 Å². The maximum atomic E-state index is 13.1. The van der Waals surface area contributed by atoms with Crippen LogP contribution >= 0.6 is 11.6 Å². The van der Waals surface area contributed by atoms with E-state index in [1.165, 1.54) is 12.1 Å². The first-order valence-electron chi connectivity index (χ1n) is 7.83. The first-order valence-corrected chi connectivity index (χ1v) is 8.21. The molecule has 0 fully saturated rings. The van der Waals surface area contributed by atoms with Crippen LogP contribution in [0.1, 0.15) is 11.1 Å². The van der Waals surface area contributed by atoms with Crippen molar-refractivity contribution in [3.8, 4) is 11.3 Å². The van der Waals surface area contributed by atoms with E-state index in [2.05, 4.69) is 10.3 Å². The number of carbonyl (C=O) groups excluding carboxylic acids is 1. The molecule has 0 aliphatic rings. The van der Waals surface area contributed by atoms with Crippen molar-refractivity contribution >= 4 is 17.5 Å². The van der Waals surface area contributed by atoms with Gasteiger partial charge in [-0.25, -0.2) is 4.39 Å². The van der Waals surface area contributed by atoms with E-state index in [1.807, 2.05) is 30.3 Å². The van der Waals surface area contributed by atoms with Crippen LogP contribution < -0.4 is 5.32 Å². The Morgan fingerprint density at radius 2 is 1.72 bits per heavy atom. The smallest absolute Gasteiger partial charge is 0.224 e. The lowest BCUT2D eigenvalue weighted by atomic mass is 10.1. The number of hydrogen-bond acceptors (Lipinski definition) is 2. The van der Waals surface area contributed by atoms with Gasteiger partial charge in [0.25, 0.3) is 0 Å². The third-order valence-corrected chi connectivity index (χ3v) is 4.16. The van der Waals surface area contributed by atoms with Crippen molar-refractivity contribution in [1.82, 2.24) is 10.3 Å². The molecule has 0 saturated heterocycles. The molecule has 126 valence electrons. The monoisotopic (exact) mass is 354 g/mol. The van der Waals surface area contributed by atoms with Gasteiger partial charge < -0.3 is 5.32 Å². The van der Waals surface area contributed by atoms with Crippen molar-refractivity contribution in [2.45, 2.75) is 13.0 Å². The number of aromatic nitrogens is 1. The van der Waals surface area contributed by atoms with E-state index >= 15 is 0 Å². The number of pyridine rings is 1. The summed E-state index contributed by atoms with van der Waals surface area (Å²) in [5, 5.41) is 3.46. The molecule has 3 rings (SSSR count). The van der Waals surface area contributed by atoms with Crippen molar-refractivity contribution in [2.75, 3.05) is 0 Å². The third-order valence-electron chi connectivity index (χ3n) is 3.79.